The van der Waals surface area contributed by atoms with Gasteiger partial charge in [0.2, 0.25) is 5.56 Å². The second-order valence-electron chi connectivity index (χ2n) is 17.1. The number of carbonyl (C=O) groups is 3. The zero-order valence-corrected chi connectivity index (χ0v) is 36.0. The highest BCUT2D eigenvalue weighted by Gasteiger charge is 2.37. The van der Waals surface area contributed by atoms with Gasteiger partial charge in [0.05, 0.1) is 30.2 Å². The smallest absolute Gasteiger partial charge is 0.408 e. The summed E-state index contributed by atoms with van der Waals surface area (Å²) in [4.78, 5) is 57.9. The van der Waals surface area contributed by atoms with Gasteiger partial charge in [0.25, 0.3) is 5.91 Å². The van der Waals surface area contributed by atoms with Crippen LogP contribution >= 0.6 is 0 Å². The predicted octanol–water partition coefficient (Wildman–Crippen LogP) is 6.22. The third-order valence-electron chi connectivity index (χ3n) is 12.8. The van der Waals surface area contributed by atoms with E-state index in [1.54, 1.807) is 17.0 Å². The maximum absolute atomic E-state index is 13.4. The number of alkyl carbamates (subject to hydrolysis) is 1. The summed E-state index contributed by atoms with van der Waals surface area (Å²) < 4.78 is 17.8. The summed E-state index contributed by atoms with van der Waals surface area (Å²) in [5, 5.41) is 27.7. The molecule has 4 fully saturated rings. The van der Waals surface area contributed by atoms with Gasteiger partial charge in [0.1, 0.15) is 24.2 Å². The minimum atomic E-state index is -0.845. The molecule has 5 N–H and O–H groups in total. The van der Waals surface area contributed by atoms with Gasteiger partial charge >= 0.3 is 12.1 Å². The van der Waals surface area contributed by atoms with Gasteiger partial charge in [-0.2, -0.15) is 0 Å². The first kappa shape index (κ1) is 44.4. The number of aliphatic hydroxyl groups is 1. The molecule has 64 heavy (non-hydrogen) atoms. The van der Waals surface area contributed by atoms with E-state index in [-0.39, 0.29) is 41.8 Å². The minimum absolute atomic E-state index is 0.0569. The van der Waals surface area contributed by atoms with Crippen LogP contribution in [-0.4, -0.2) is 101 Å². The summed E-state index contributed by atoms with van der Waals surface area (Å²) in [6.45, 7) is 5.34. The van der Waals surface area contributed by atoms with E-state index in [9.17, 15) is 29.4 Å². The predicted molar refractivity (Wildman–Crippen MR) is 241 cm³/mol. The maximum atomic E-state index is 13.4. The molecule has 4 aliphatic rings. The fourth-order valence-electron chi connectivity index (χ4n) is 9.07. The van der Waals surface area contributed by atoms with Crippen LogP contribution in [0.15, 0.2) is 108 Å². The van der Waals surface area contributed by atoms with Crippen molar-refractivity contribution >= 4 is 28.9 Å². The summed E-state index contributed by atoms with van der Waals surface area (Å²) in [6.07, 6.45) is 3.24. The number of nitrogens with one attached hydrogen (secondary N) is 3. The number of hydrogen-bond donors (Lipinski definition) is 5. The molecule has 5 heterocycles. The molecule has 1 aromatic heterocycles. The summed E-state index contributed by atoms with van der Waals surface area (Å²) in [5.41, 5.74) is 3.83. The average Bonchev–Trinajstić information content (AvgIpc) is 3.33. The second kappa shape index (κ2) is 21.0. The lowest BCUT2D eigenvalue weighted by atomic mass is 9.86. The van der Waals surface area contributed by atoms with Gasteiger partial charge in [-0.3, -0.25) is 19.3 Å². The Bertz CT molecular complexity index is 2430. The number of unbranched alkanes of at least 4 members (excludes halogenated alkanes) is 1. The first-order chi connectivity index (χ1) is 31.2. The quantitative estimate of drug-likeness (QED) is 0.0529. The molecular formula is C50H57N5O9. The van der Waals surface area contributed by atoms with Gasteiger partial charge in [-0.15, -0.1) is 0 Å². The first-order valence-electron chi connectivity index (χ1n) is 22.4. The number of likely N-dealkylation sites (tertiary alicyclic amines) is 1. The molecule has 4 aromatic carbocycles. The molecule has 1 unspecified atom stereocenters. The fourth-order valence-corrected chi connectivity index (χ4v) is 9.07. The largest absolute Gasteiger partial charge is 0.506 e. The number of nitrogens with zero attached hydrogens (tertiary/aromatic N) is 2. The number of aromatic amines is 1. The van der Waals surface area contributed by atoms with Gasteiger partial charge in [0.15, 0.2) is 0 Å². The molecule has 0 radical (unpaired) electrons. The summed E-state index contributed by atoms with van der Waals surface area (Å²) in [6, 6.07) is 30.5. The van der Waals surface area contributed by atoms with Crippen LogP contribution in [0, 0.1) is 11.8 Å². The van der Waals surface area contributed by atoms with E-state index >= 15 is 0 Å². The standard InChI is InChI=1S/C50H57N5O9/c56-42-17-15-40(41-16-18-45(58)52-47(41)42)43(57)30-51-23-4-5-28-62-49(60)37-21-26-55(27-22-37)48(59)36-13-11-33(12-14-36)32-63-39-10-6-9-38(29-39)46(35-7-2-1-3-8-35)53-50(61)64-44-31-54-24-19-34(44)20-25-54/h1-3,6-18,29,34,37,43-44,46,51,56-57H,4-5,19-28,30-32H2,(H,52,58)(H,53,61)/t43-,44+,46?/m1/s1. The number of amides is 2. The SMILES string of the molecule is O=C(NC(c1ccccc1)c1cccc(OCc2ccc(C(=O)N3CCC(C(=O)OCCCCNC[C@@H](O)c4ccc(O)c5[nH]c(=O)ccc45)CC3)cc2)c1)O[C@H]1CN2CCC1CC2. The van der Waals surface area contributed by atoms with E-state index in [2.05, 4.69) is 20.5 Å². The third-order valence-corrected chi connectivity index (χ3v) is 12.8. The molecular weight excluding hydrogens is 815 g/mol. The lowest BCUT2D eigenvalue weighted by Gasteiger charge is -2.43. The highest BCUT2D eigenvalue weighted by Crippen LogP contribution is 2.32. The van der Waals surface area contributed by atoms with Crippen LogP contribution in [-0.2, 0) is 20.9 Å². The number of aromatic hydroxyl groups is 1. The summed E-state index contributed by atoms with van der Waals surface area (Å²) in [5.74, 6) is 0.435. The van der Waals surface area contributed by atoms with Crippen molar-refractivity contribution < 1.29 is 38.8 Å². The van der Waals surface area contributed by atoms with Crippen molar-refractivity contribution in [2.45, 2.75) is 63.4 Å². The molecule has 14 nitrogen and oxygen atoms in total. The number of aromatic nitrogens is 1. The molecule has 2 amide bonds. The van der Waals surface area contributed by atoms with E-state index < -0.39 is 18.2 Å². The molecule has 336 valence electrons. The normalized spacial score (nSPS) is 19.5. The Morgan fingerprint density at radius 1 is 0.828 bits per heavy atom. The van der Waals surface area contributed by atoms with Crippen LogP contribution in [0.25, 0.3) is 10.9 Å². The van der Waals surface area contributed by atoms with Gasteiger partial charge in [-0.05, 0) is 123 Å². The number of carbonyl (C=O) groups excluding carboxylic acids is 3. The van der Waals surface area contributed by atoms with Crippen LogP contribution < -0.4 is 20.9 Å². The van der Waals surface area contributed by atoms with Gasteiger partial charge in [-0.25, -0.2) is 4.79 Å². The number of H-pyrrole nitrogens is 1. The second-order valence-corrected chi connectivity index (χ2v) is 17.1. The number of fused-ring (bicyclic) bond motifs is 4. The number of rotatable bonds is 17. The minimum Gasteiger partial charge on any atom is -0.506 e. The molecule has 14 heteroatoms. The Hall–Kier alpha value is -6.22. The number of hydrogen-bond acceptors (Lipinski definition) is 11. The monoisotopic (exact) mass is 871 g/mol. The summed E-state index contributed by atoms with van der Waals surface area (Å²) in [7, 11) is 0. The molecule has 9 rings (SSSR count). The number of phenols is 1. The van der Waals surface area contributed by atoms with E-state index in [0.717, 1.165) is 55.6 Å². The Morgan fingerprint density at radius 3 is 2.34 bits per heavy atom. The lowest BCUT2D eigenvalue weighted by molar-refractivity contribution is -0.150. The van der Waals surface area contributed by atoms with E-state index in [0.29, 0.717) is 85.8 Å². The zero-order chi connectivity index (χ0) is 44.4. The number of aliphatic hydroxyl groups excluding tert-OH is 1. The third kappa shape index (κ3) is 11.1. The molecule has 3 atom stereocenters. The molecule has 5 aromatic rings. The Labute approximate surface area is 372 Å². The Kier molecular flexibility index (Phi) is 14.5. The number of esters is 1. The number of phenolic OH excluding ortho intramolecular Hbond substituents is 1. The number of pyridine rings is 1. The number of benzene rings is 4. The molecule has 4 saturated heterocycles. The van der Waals surface area contributed by atoms with Crippen LogP contribution in [0.4, 0.5) is 4.79 Å². The van der Waals surface area contributed by atoms with E-state index in [1.165, 1.54) is 12.1 Å². The van der Waals surface area contributed by atoms with Gasteiger partial charge < -0.3 is 44.9 Å². The zero-order valence-electron chi connectivity index (χ0n) is 36.0. The van der Waals surface area contributed by atoms with Crippen LogP contribution in [0.1, 0.15) is 83.3 Å². The van der Waals surface area contributed by atoms with Crippen molar-refractivity contribution in [3.8, 4) is 11.5 Å². The van der Waals surface area contributed by atoms with Crippen molar-refractivity contribution in [3.63, 3.8) is 0 Å². The number of piperidine rings is 4. The molecule has 0 spiro atoms. The Morgan fingerprint density at radius 2 is 1.59 bits per heavy atom. The van der Waals surface area contributed by atoms with Crippen molar-refractivity contribution in [2.75, 3.05) is 52.4 Å². The maximum Gasteiger partial charge on any atom is 0.408 e. The fraction of sp³-hybridized carbons (Fsp3) is 0.400. The van der Waals surface area contributed by atoms with Crippen LogP contribution in [0.5, 0.6) is 11.5 Å². The van der Waals surface area contributed by atoms with Crippen molar-refractivity contribution in [1.29, 1.82) is 0 Å². The van der Waals surface area contributed by atoms with Crippen LogP contribution in [0.2, 0.25) is 0 Å². The lowest BCUT2D eigenvalue weighted by Crippen LogP contribution is -2.52. The van der Waals surface area contributed by atoms with Crippen molar-refractivity contribution in [3.05, 3.63) is 141 Å². The van der Waals surface area contributed by atoms with Gasteiger partial charge in [-0.1, -0.05) is 60.7 Å². The van der Waals surface area contributed by atoms with E-state index in [1.807, 2.05) is 78.9 Å². The number of ether oxygens (including phenoxy) is 3. The molecule has 2 bridgehead atoms. The molecule has 0 saturated carbocycles. The van der Waals surface area contributed by atoms with Crippen molar-refractivity contribution in [2.24, 2.45) is 11.8 Å². The van der Waals surface area contributed by atoms with Gasteiger partial charge in [0, 0.05) is 43.2 Å². The van der Waals surface area contributed by atoms with Crippen molar-refractivity contribution in [1.82, 2.24) is 25.4 Å². The highest BCUT2D eigenvalue weighted by molar-refractivity contribution is 5.94. The highest BCUT2D eigenvalue weighted by atomic mass is 16.6. The Balaban J connectivity index is 0.741. The van der Waals surface area contributed by atoms with E-state index in [4.69, 9.17) is 14.2 Å². The topological polar surface area (TPSA) is 183 Å². The van der Waals surface area contributed by atoms with Crippen LogP contribution in [0.3, 0.4) is 0 Å². The summed E-state index contributed by atoms with van der Waals surface area (Å²) >= 11 is 0. The first-order valence-corrected chi connectivity index (χ1v) is 22.4. The molecule has 0 aliphatic carbocycles. The molecule has 4 aliphatic heterocycles. The average molecular weight is 872 g/mol.